The normalized spacial score (nSPS) is 16.0. The van der Waals surface area contributed by atoms with Gasteiger partial charge in [-0.05, 0) is 25.8 Å². The highest BCUT2D eigenvalue weighted by atomic mass is 16.6. The van der Waals surface area contributed by atoms with Crippen LogP contribution in [0.25, 0.3) is 0 Å². The molecule has 1 heterocycles. The molecule has 2 rings (SSSR count). The molecule has 0 unspecified atom stereocenters. The Morgan fingerprint density at radius 2 is 1.90 bits per heavy atom. The number of rotatable bonds is 6. The summed E-state index contributed by atoms with van der Waals surface area (Å²) in [4.78, 5) is 12.5. The third-order valence-corrected chi connectivity index (χ3v) is 3.75. The maximum atomic E-state index is 10.8. The number of piperazine rings is 1. The molecule has 21 heavy (non-hydrogen) atoms. The summed E-state index contributed by atoms with van der Waals surface area (Å²) in [5, 5.41) is 33.2. The maximum absolute atomic E-state index is 10.8. The molecule has 0 atom stereocenters. The number of nitrogens with one attached hydrogen (secondary N) is 1. The van der Waals surface area contributed by atoms with Crippen LogP contribution in [-0.2, 0) is 6.42 Å². The van der Waals surface area contributed by atoms with E-state index in [1.165, 1.54) is 6.07 Å². The first-order chi connectivity index (χ1) is 10.1. The number of phenols is 2. The van der Waals surface area contributed by atoms with Crippen LogP contribution in [0, 0.1) is 10.1 Å². The molecule has 3 N–H and O–H groups in total. The van der Waals surface area contributed by atoms with Crippen LogP contribution in [0.15, 0.2) is 12.1 Å². The zero-order valence-corrected chi connectivity index (χ0v) is 11.9. The molecule has 1 saturated heterocycles. The van der Waals surface area contributed by atoms with E-state index < -0.39 is 10.7 Å². The van der Waals surface area contributed by atoms with E-state index in [1.54, 1.807) is 0 Å². The van der Waals surface area contributed by atoms with Gasteiger partial charge in [-0.2, -0.15) is 0 Å². The second-order valence-corrected chi connectivity index (χ2v) is 5.28. The Kier molecular flexibility index (Phi) is 5.35. The molecule has 0 saturated carbocycles. The highest BCUT2D eigenvalue weighted by Gasteiger charge is 2.17. The van der Waals surface area contributed by atoms with Gasteiger partial charge in [0.25, 0.3) is 0 Å². The maximum Gasteiger partial charge on any atom is 0.311 e. The molecule has 0 bridgehead atoms. The quantitative estimate of drug-likeness (QED) is 0.415. The summed E-state index contributed by atoms with van der Waals surface area (Å²) in [6.45, 7) is 5.14. The Bertz CT molecular complexity index is 501. The van der Waals surface area contributed by atoms with Crippen molar-refractivity contribution in [2.24, 2.45) is 0 Å². The molecular weight excluding hydrogens is 274 g/mol. The number of unbranched alkanes of at least 4 members (excludes halogenated alkanes) is 1. The summed E-state index contributed by atoms with van der Waals surface area (Å²) < 4.78 is 0. The smallest absolute Gasteiger partial charge is 0.311 e. The minimum absolute atomic E-state index is 0.0831. The van der Waals surface area contributed by atoms with Crippen LogP contribution >= 0.6 is 0 Å². The van der Waals surface area contributed by atoms with Gasteiger partial charge in [0.15, 0.2) is 5.75 Å². The van der Waals surface area contributed by atoms with Crippen LogP contribution in [0.4, 0.5) is 5.69 Å². The van der Waals surface area contributed by atoms with E-state index in [-0.39, 0.29) is 11.4 Å². The van der Waals surface area contributed by atoms with Crippen molar-refractivity contribution in [1.29, 1.82) is 0 Å². The summed E-state index contributed by atoms with van der Waals surface area (Å²) in [5.41, 5.74) is 0.157. The SMILES string of the molecule is O=[N+]([O-])c1cc(CCCCN2CCNCC2)c(O)cc1O. The van der Waals surface area contributed by atoms with Crippen LogP contribution in [0.2, 0.25) is 0 Å². The standard InChI is InChI=1S/C14H21N3O4/c18-13-10-14(19)12(17(20)21)9-11(13)3-1-2-6-16-7-4-15-5-8-16/h9-10,15,18-19H,1-8H2. The molecule has 1 aliphatic heterocycles. The molecule has 0 aromatic heterocycles. The summed E-state index contributed by atoms with van der Waals surface area (Å²) in [5.74, 6) is -0.581. The molecular formula is C14H21N3O4. The summed E-state index contributed by atoms with van der Waals surface area (Å²) in [6, 6.07) is 2.30. The Morgan fingerprint density at radius 3 is 2.57 bits per heavy atom. The van der Waals surface area contributed by atoms with Gasteiger partial charge in [-0.3, -0.25) is 10.1 Å². The van der Waals surface area contributed by atoms with Gasteiger partial charge < -0.3 is 20.4 Å². The Morgan fingerprint density at radius 1 is 1.19 bits per heavy atom. The first-order valence-corrected chi connectivity index (χ1v) is 7.20. The van der Waals surface area contributed by atoms with Crippen LogP contribution in [0.1, 0.15) is 18.4 Å². The predicted molar refractivity (Wildman–Crippen MR) is 78.7 cm³/mol. The monoisotopic (exact) mass is 295 g/mol. The van der Waals surface area contributed by atoms with E-state index in [9.17, 15) is 20.3 Å². The molecule has 1 aromatic rings. The molecule has 1 fully saturated rings. The summed E-state index contributed by atoms with van der Waals surface area (Å²) in [6.07, 6.45) is 2.40. The van der Waals surface area contributed by atoms with Gasteiger partial charge >= 0.3 is 5.69 Å². The van der Waals surface area contributed by atoms with Gasteiger partial charge in [-0.25, -0.2) is 0 Å². The fourth-order valence-electron chi connectivity index (χ4n) is 2.54. The van der Waals surface area contributed by atoms with Crippen molar-refractivity contribution in [1.82, 2.24) is 10.2 Å². The minimum atomic E-state index is -0.640. The van der Waals surface area contributed by atoms with E-state index in [0.717, 1.165) is 51.6 Å². The van der Waals surface area contributed by atoms with Crippen LogP contribution in [0.3, 0.4) is 0 Å². The Hall–Kier alpha value is -1.86. The molecule has 1 aliphatic rings. The fraction of sp³-hybridized carbons (Fsp3) is 0.571. The molecule has 0 amide bonds. The van der Waals surface area contributed by atoms with Gasteiger partial charge in [0.05, 0.1) is 4.92 Å². The predicted octanol–water partition coefficient (Wildman–Crippen LogP) is 1.23. The lowest BCUT2D eigenvalue weighted by Crippen LogP contribution is -2.43. The molecule has 116 valence electrons. The molecule has 0 radical (unpaired) electrons. The first-order valence-electron chi connectivity index (χ1n) is 7.20. The number of nitro benzene ring substituents is 1. The Labute approximate surface area is 123 Å². The fourth-order valence-corrected chi connectivity index (χ4v) is 2.54. The minimum Gasteiger partial charge on any atom is -0.508 e. The van der Waals surface area contributed by atoms with Gasteiger partial charge in [-0.1, -0.05) is 0 Å². The molecule has 0 spiro atoms. The van der Waals surface area contributed by atoms with Crippen LogP contribution in [-0.4, -0.2) is 52.8 Å². The number of phenolic OH excluding ortho intramolecular Hbond substituents is 2. The number of aromatic hydroxyl groups is 2. The van der Waals surface area contributed by atoms with Crippen molar-refractivity contribution < 1.29 is 15.1 Å². The van der Waals surface area contributed by atoms with Crippen molar-refractivity contribution in [3.63, 3.8) is 0 Å². The number of hydrogen-bond acceptors (Lipinski definition) is 6. The molecule has 1 aromatic carbocycles. The van der Waals surface area contributed by atoms with Gasteiger partial charge in [0, 0.05) is 43.9 Å². The average Bonchev–Trinajstić information content (AvgIpc) is 2.46. The van der Waals surface area contributed by atoms with E-state index >= 15 is 0 Å². The van der Waals surface area contributed by atoms with E-state index in [2.05, 4.69) is 10.2 Å². The second kappa shape index (κ2) is 7.24. The van der Waals surface area contributed by atoms with E-state index in [0.29, 0.717) is 12.0 Å². The topological polar surface area (TPSA) is 98.9 Å². The highest BCUT2D eigenvalue weighted by Crippen LogP contribution is 2.33. The number of hydrogen-bond donors (Lipinski definition) is 3. The average molecular weight is 295 g/mol. The van der Waals surface area contributed by atoms with Crippen molar-refractivity contribution >= 4 is 5.69 Å². The number of benzene rings is 1. The van der Waals surface area contributed by atoms with Crippen LogP contribution < -0.4 is 5.32 Å². The number of aryl methyl sites for hydroxylation is 1. The largest absolute Gasteiger partial charge is 0.508 e. The van der Waals surface area contributed by atoms with Crippen molar-refractivity contribution in [3.05, 3.63) is 27.8 Å². The van der Waals surface area contributed by atoms with Gasteiger partial charge in [-0.15, -0.1) is 0 Å². The number of nitro groups is 1. The highest BCUT2D eigenvalue weighted by molar-refractivity contribution is 5.53. The van der Waals surface area contributed by atoms with E-state index in [1.807, 2.05) is 0 Å². The Balaban J connectivity index is 1.85. The van der Waals surface area contributed by atoms with Crippen molar-refractivity contribution in [2.75, 3.05) is 32.7 Å². The lowest BCUT2D eigenvalue weighted by atomic mass is 10.1. The van der Waals surface area contributed by atoms with Crippen LogP contribution in [0.5, 0.6) is 11.5 Å². The zero-order valence-electron chi connectivity index (χ0n) is 11.9. The second-order valence-electron chi connectivity index (χ2n) is 5.28. The van der Waals surface area contributed by atoms with Gasteiger partial charge in [0.2, 0.25) is 0 Å². The summed E-state index contributed by atoms with van der Waals surface area (Å²) >= 11 is 0. The molecule has 7 nitrogen and oxygen atoms in total. The number of nitrogens with zero attached hydrogens (tertiary/aromatic N) is 2. The molecule has 7 heteroatoms. The third kappa shape index (κ3) is 4.30. The zero-order chi connectivity index (χ0) is 15.2. The first kappa shape index (κ1) is 15.5. The van der Waals surface area contributed by atoms with Crippen molar-refractivity contribution in [2.45, 2.75) is 19.3 Å². The third-order valence-electron chi connectivity index (χ3n) is 3.75. The van der Waals surface area contributed by atoms with E-state index in [4.69, 9.17) is 0 Å². The molecule has 0 aliphatic carbocycles. The van der Waals surface area contributed by atoms with Gasteiger partial charge in [0.1, 0.15) is 5.75 Å². The van der Waals surface area contributed by atoms with Crippen molar-refractivity contribution in [3.8, 4) is 11.5 Å². The lowest BCUT2D eigenvalue weighted by Gasteiger charge is -2.27. The lowest BCUT2D eigenvalue weighted by molar-refractivity contribution is -0.385. The summed E-state index contributed by atoms with van der Waals surface area (Å²) in [7, 11) is 0.